The molecule has 3 rings (SSSR count). The van der Waals surface area contributed by atoms with E-state index in [1.165, 1.54) is 25.3 Å². The fourth-order valence-corrected chi connectivity index (χ4v) is 2.27. The van der Waals surface area contributed by atoms with Crippen molar-refractivity contribution in [3.05, 3.63) is 66.2 Å². The van der Waals surface area contributed by atoms with Gasteiger partial charge in [-0.15, -0.1) is 10.2 Å². The van der Waals surface area contributed by atoms with E-state index in [9.17, 15) is 13.6 Å². The Morgan fingerprint density at radius 2 is 1.57 bits per heavy atom. The van der Waals surface area contributed by atoms with E-state index in [1.54, 1.807) is 24.3 Å². The Labute approximate surface area is 159 Å². The zero-order valence-electron chi connectivity index (χ0n) is 14.8. The summed E-state index contributed by atoms with van der Waals surface area (Å²) in [7, 11) is 1.50. The van der Waals surface area contributed by atoms with Crippen LogP contribution in [0.15, 0.2) is 54.6 Å². The van der Waals surface area contributed by atoms with E-state index < -0.39 is 17.5 Å². The molecule has 0 aliphatic carbocycles. The summed E-state index contributed by atoms with van der Waals surface area (Å²) in [5.41, 5.74) is -0.334. The van der Waals surface area contributed by atoms with Crippen molar-refractivity contribution in [3.63, 3.8) is 0 Å². The summed E-state index contributed by atoms with van der Waals surface area (Å²) < 4.78 is 37.8. The second-order valence-corrected chi connectivity index (χ2v) is 5.51. The Bertz CT molecular complexity index is 947. The van der Waals surface area contributed by atoms with E-state index in [0.717, 1.165) is 12.1 Å². The van der Waals surface area contributed by atoms with E-state index in [1.807, 2.05) is 0 Å². The average Bonchev–Trinajstić information content (AvgIpc) is 2.71. The van der Waals surface area contributed by atoms with Gasteiger partial charge in [-0.1, -0.05) is 18.2 Å². The number of ether oxygens (including phenoxy) is 2. The predicted octanol–water partition coefficient (Wildman–Crippen LogP) is 3.52. The third-order valence-corrected chi connectivity index (χ3v) is 3.58. The van der Waals surface area contributed by atoms with Crippen LogP contribution in [0.25, 0.3) is 0 Å². The highest BCUT2D eigenvalue weighted by Gasteiger charge is 2.11. The first-order valence-electron chi connectivity index (χ1n) is 8.17. The van der Waals surface area contributed by atoms with Crippen molar-refractivity contribution in [2.45, 2.75) is 0 Å². The summed E-state index contributed by atoms with van der Waals surface area (Å²) in [5.74, 6) is -0.759. The predicted molar refractivity (Wildman–Crippen MR) is 98.8 cm³/mol. The third-order valence-electron chi connectivity index (χ3n) is 3.58. The van der Waals surface area contributed by atoms with Crippen molar-refractivity contribution in [1.82, 2.24) is 10.2 Å². The monoisotopic (exact) mass is 386 g/mol. The van der Waals surface area contributed by atoms with E-state index in [-0.39, 0.29) is 23.9 Å². The minimum Gasteiger partial charge on any atom is -0.493 e. The number of carbonyl (C=O) groups is 1. The van der Waals surface area contributed by atoms with Gasteiger partial charge in [0.15, 0.2) is 29.7 Å². The summed E-state index contributed by atoms with van der Waals surface area (Å²) >= 11 is 0. The van der Waals surface area contributed by atoms with Gasteiger partial charge in [-0.25, -0.2) is 8.78 Å². The average molecular weight is 386 g/mol. The van der Waals surface area contributed by atoms with E-state index in [4.69, 9.17) is 9.47 Å². The highest BCUT2D eigenvalue weighted by molar-refractivity contribution is 5.91. The molecule has 0 atom stereocenters. The normalized spacial score (nSPS) is 10.2. The van der Waals surface area contributed by atoms with E-state index in [2.05, 4.69) is 20.8 Å². The molecule has 0 saturated carbocycles. The molecule has 0 unspecified atom stereocenters. The molecule has 0 spiro atoms. The van der Waals surface area contributed by atoms with Crippen molar-refractivity contribution in [3.8, 4) is 11.5 Å². The van der Waals surface area contributed by atoms with Gasteiger partial charge in [-0.3, -0.25) is 4.79 Å². The Morgan fingerprint density at radius 1 is 0.929 bits per heavy atom. The number of methoxy groups -OCH3 is 1. The molecule has 0 fully saturated rings. The summed E-state index contributed by atoms with van der Waals surface area (Å²) in [6.07, 6.45) is 0. The Kier molecular flexibility index (Phi) is 5.95. The molecule has 1 amide bonds. The molecule has 1 heterocycles. The van der Waals surface area contributed by atoms with Gasteiger partial charge in [-0.05, 0) is 36.4 Å². The maximum Gasteiger partial charge on any atom is 0.263 e. The molecule has 144 valence electrons. The van der Waals surface area contributed by atoms with Crippen LogP contribution in [0.5, 0.6) is 11.5 Å². The largest absolute Gasteiger partial charge is 0.493 e. The SMILES string of the molecule is COc1ccccc1OCC(=O)Nc1ccc(Nc2c(F)cccc2F)nn1. The van der Waals surface area contributed by atoms with Gasteiger partial charge in [0.25, 0.3) is 5.91 Å². The summed E-state index contributed by atoms with van der Waals surface area (Å²) in [4.78, 5) is 12.0. The number of hydrogen-bond acceptors (Lipinski definition) is 6. The highest BCUT2D eigenvalue weighted by atomic mass is 19.1. The zero-order chi connectivity index (χ0) is 19.9. The molecule has 7 nitrogen and oxygen atoms in total. The van der Waals surface area contributed by atoms with Crippen LogP contribution < -0.4 is 20.1 Å². The van der Waals surface area contributed by atoms with Crippen molar-refractivity contribution in [1.29, 1.82) is 0 Å². The number of para-hydroxylation sites is 3. The first kappa shape index (κ1) is 19.0. The number of halogens is 2. The fraction of sp³-hybridized carbons (Fsp3) is 0.105. The number of carbonyl (C=O) groups excluding carboxylic acids is 1. The minimum atomic E-state index is -0.757. The van der Waals surface area contributed by atoms with Crippen LogP contribution in [0.1, 0.15) is 0 Å². The maximum atomic E-state index is 13.6. The molecule has 2 aromatic carbocycles. The summed E-state index contributed by atoms with van der Waals surface area (Å²) in [5, 5.41) is 12.6. The van der Waals surface area contributed by atoms with E-state index in [0.29, 0.717) is 11.5 Å². The van der Waals surface area contributed by atoms with Crippen LogP contribution in [0.2, 0.25) is 0 Å². The molecule has 0 aliphatic rings. The van der Waals surface area contributed by atoms with Crippen LogP contribution in [0.4, 0.5) is 26.1 Å². The smallest absolute Gasteiger partial charge is 0.263 e. The van der Waals surface area contributed by atoms with Crippen molar-refractivity contribution in [2.75, 3.05) is 24.4 Å². The molecule has 0 bridgehead atoms. The molecule has 0 aliphatic heterocycles. The fourth-order valence-electron chi connectivity index (χ4n) is 2.27. The highest BCUT2D eigenvalue weighted by Crippen LogP contribution is 2.25. The van der Waals surface area contributed by atoms with Crippen molar-refractivity contribution < 1.29 is 23.0 Å². The molecule has 2 N–H and O–H groups in total. The number of benzene rings is 2. The molecule has 0 saturated heterocycles. The molecule has 28 heavy (non-hydrogen) atoms. The Balaban J connectivity index is 1.57. The van der Waals surface area contributed by atoms with Gasteiger partial charge < -0.3 is 20.1 Å². The number of rotatable bonds is 7. The van der Waals surface area contributed by atoms with Crippen LogP contribution in [0, 0.1) is 11.6 Å². The number of amides is 1. The van der Waals surface area contributed by atoms with Crippen LogP contribution in [0.3, 0.4) is 0 Å². The zero-order valence-corrected chi connectivity index (χ0v) is 14.8. The summed E-state index contributed by atoms with van der Waals surface area (Å²) in [6, 6.07) is 13.3. The van der Waals surface area contributed by atoms with Gasteiger partial charge in [0, 0.05) is 0 Å². The summed E-state index contributed by atoms with van der Waals surface area (Å²) in [6.45, 7) is -0.261. The Morgan fingerprint density at radius 3 is 2.21 bits per heavy atom. The number of aromatic nitrogens is 2. The first-order chi connectivity index (χ1) is 13.6. The molecular formula is C19H16F2N4O3. The maximum absolute atomic E-state index is 13.6. The number of hydrogen-bond donors (Lipinski definition) is 2. The molecule has 1 aromatic heterocycles. The number of nitrogens with zero attached hydrogens (tertiary/aromatic N) is 2. The quantitative estimate of drug-likeness (QED) is 0.646. The first-order valence-corrected chi connectivity index (χ1v) is 8.17. The van der Waals surface area contributed by atoms with Gasteiger partial charge in [0.05, 0.1) is 7.11 Å². The van der Waals surface area contributed by atoms with Gasteiger partial charge in [0.1, 0.15) is 17.3 Å². The lowest BCUT2D eigenvalue weighted by Crippen LogP contribution is -2.21. The van der Waals surface area contributed by atoms with Crippen LogP contribution in [-0.4, -0.2) is 29.8 Å². The van der Waals surface area contributed by atoms with Crippen molar-refractivity contribution in [2.24, 2.45) is 0 Å². The van der Waals surface area contributed by atoms with Gasteiger partial charge in [-0.2, -0.15) is 0 Å². The second-order valence-electron chi connectivity index (χ2n) is 5.51. The van der Waals surface area contributed by atoms with Crippen LogP contribution in [-0.2, 0) is 4.79 Å². The lowest BCUT2D eigenvalue weighted by Gasteiger charge is -2.10. The lowest BCUT2D eigenvalue weighted by molar-refractivity contribution is -0.118. The van der Waals surface area contributed by atoms with Gasteiger partial charge in [0.2, 0.25) is 0 Å². The van der Waals surface area contributed by atoms with Crippen molar-refractivity contribution >= 4 is 23.2 Å². The van der Waals surface area contributed by atoms with Crippen LogP contribution >= 0.6 is 0 Å². The standard InChI is InChI=1S/C19H16F2N4O3/c1-27-14-7-2-3-8-15(14)28-11-18(26)22-16-9-10-17(25-24-16)23-19-12(20)5-4-6-13(19)21/h2-10H,11H2,1H3,(H,23,25)(H,22,24,26). The molecule has 3 aromatic rings. The topological polar surface area (TPSA) is 85.4 Å². The van der Waals surface area contributed by atoms with Gasteiger partial charge >= 0.3 is 0 Å². The minimum absolute atomic E-state index is 0.118. The Hall–Kier alpha value is -3.75. The van der Waals surface area contributed by atoms with E-state index >= 15 is 0 Å². The number of nitrogens with one attached hydrogen (secondary N) is 2. The number of anilines is 3. The molecular weight excluding hydrogens is 370 g/mol. The molecule has 9 heteroatoms. The molecule has 0 radical (unpaired) electrons. The third kappa shape index (κ3) is 4.70. The second kappa shape index (κ2) is 8.76. The lowest BCUT2D eigenvalue weighted by atomic mass is 10.3.